The molecule has 0 bridgehead atoms. The van der Waals surface area contributed by atoms with Crippen LogP contribution in [0.25, 0.3) is 11.5 Å². The minimum Gasteiger partial charge on any atom is -0.494 e. The molecular weight excluding hydrogens is 382 g/mol. The number of unbranched alkanes of at least 4 members (excludes halogenated alkanes) is 2. The molecule has 0 aliphatic rings. The van der Waals surface area contributed by atoms with E-state index < -0.39 is 11.7 Å². The Morgan fingerprint density at radius 3 is 2.50 bits per heavy atom. The molecular formula is C23H25N3O4. The van der Waals surface area contributed by atoms with Crippen LogP contribution in [0.1, 0.15) is 37.1 Å². The van der Waals surface area contributed by atoms with Crippen LogP contribution < -0.4 is 10.1 Å². The maximum Gasteiger partial charge on any atom is 0.287 e. The van der Waals surface area contributed by atoms with Crippen molar-refractivity contribution in [1.29, 1.82) is 0 Å². The van der Waals surface area contributed by atoms with Gasteiger partial charge in [-0.15, -0.1) is 10.2 Å². The highest BCUT2D eigenvalue weighted by Gasteiger charge is 2.15. The second-order valence-electron chi connectivity index (χ2n) is 6.95. The van der Waals surface area contributed by atoms with Crippen LogP contribution in [0.2, 0.25) is 0 Å². The Bertz CT molecular complexity index is 952. The van der Waals surface area contributed by atoms with Crippen molar-refractivity contribution >= 4 is 11.7 Å². The predicted molar refractivity (Wildman–Crippen MR) is 112 cm³/mol. The van der Waals surface area contributed by atoms with Crippen LogP contribution in [0, 0.1) is 6.92 Å². The van der Waals surface area contributed by atoms with Crippen LogP contribution in [0.4, 0.5) is 0 Å². The third-order valence-electron chi connectivity index (χ3n) is 4.48. The van der Waals surface area contributed by atoms with Crippen LogP contribution in [-0.4, -0.2) is 28.5 Å². The number of aryl methyl sites for hydroxylation is 1. The van der Waals surface area contributed by atoms with E-state index in [0.29, 0.717) is 18.9 Å². The van der Waals surface area contributed by atoms with Crippen molar-refractivity contribution in [2.45, 2.75) is 39.2 Å². The van der Waals surface area contributed by atoms with E-state index in [9.17, 15) is 9.59 Å². The third-order valence-corrected chi connectivity index (χ3v) is 4.48. The van der Waals surface area contributed by atoms with Gasteiger partial charge in [0.1, 0.15) is 5.75 Å². The predicted octanol–water partition coefficient (Wildman–Crippen LogP) is 3.87. The number of carbonyl (C=O) groups excluding carboxylic acids is 2. The van der Waals surface area contributed by atoms with Crippen LogP contribution >= 0.6 is 0 Å². The van der Waals surface area contributed by atoms with E-state index >= 15 is 0 Å². The second-order valence-corrected chi connectivity index (χ2v) is 6.95. The first-order valence-electron chi connectivity index (χ1n) is 10.00. The van der Waals surface area contributed by atoms with Gasteiger partial charge in [0, 0.05) is 12.0 Å². The van der Waals surface area contributed by atoms with Crippen molar-refractivity contribution in [3.8, 4) is 17.2 Å². The van der Waals surface area contributed by atoms with Crippen molar-refractivity contribution in [3.63, 3.8) is 0 Å². The summed E-state index contributed by atoms with van der Waals surface area (Å²) in [5.74, 6) is 0.385. The highest BCUT2D eigenvalue weighted by Crippen LogP contribution is 2.18. The Morgan fingerprint density at radius 1 is 0.967 bits per heavy atom. The summed E-state index contributed by atoms with van der Waals surface area (Å²) in [6.07, 6.45) is 2.49. The quantitative estimate of drug-likeness (QED) is 0.383. The number of nitrogens with one attached hydrogen (secondary N) is 1. The van der Waals surface area contributed by atoms with Gasteiger partial charge < -0.3 is 14.5 Å². The van der Waals surface area contributed by atoms with Crippen molar-refractivity contribution in [1.82, 2.24) is 15.5 Å². The second kappa shape index (κ2) is 10.9. The van der Waals surface area contributed by atoms with Crippen molar-refractivity contribution < 1.29 is 18.7 Å². The van der Waals surface area contributed by atoms with E-state index in [0.717, 1.165) is 29.7 Å². The Balaban J connectivity index is 1.32. The van der Waals surface area contributed by atoms with Gasteiger partial charge in [-0.25, -0.2) is 0 Å². The first kappa shape index (κ1) is 21.2. The minimum absolute atomic E-state index is 0.0222. The molecule has 0 unspecified atom stereocenters. The number of aromatic nitrogens is 2. The summed E-state index contributed by atoms with van der Waals surface area (Å²) in [5, 5.41) is 10.4. The normalized spacial score (nSPS) is 10.6. The van der Waals surface area contributed by atoms with Crippen molar-refractivity contribution in [2.75, 3.05) is 6.61 Å². The summed E-state index contributed by atoms with van der Waals surface area (Å²) >= 11 is 0. The lowest BCUT2D eigenvalue weighted by Gasteiger charge is -2.05. The molecule has 1 N–H and O–H groups in total. The number of Topliss-reactive ketones (excluding diaryl/α,β-unsaturated/α-hetero) is 1. The number of para-hydroxylation sites is 1. The fourth-order valence-corrected chi connectivity index (χ4v) is 2.78. The Labute approximate surface area is 175 Å². The zero-order valence-corrected chi connectivity index (χ0v) is 17.0. The van der Waals surface area contributed by atoms with Crippen LogP contribution in [0.3, 0.4) is 0 Å². The lowest BCUT2D eigenvalue weighted by atomic mass is 10.1. The number of ketones is 1. The summed E-state index contributed by atoms with van der Waals surface area (Å²) < 4.78 is 11.1. The zero-order valence-electron chi connectivity index (χ0n) is 17.0. The summed E-state index contributed by atoms with van der Waals surface area (Å²) in [6, 6.07) is 17.3. The number of rotatable bonds is 11. The molecule has 0 fully saturated rings. The fraction of sp³-hybridized carbons (Fsp3) is 0.304. The lowest BCUT2D eigenvalue weighted by Crippen LogP contribution is -2.30. The zero-order chi connectivity index (χ0) is 21.2. The smallest absolute Gasteiger partial charge is 0.287 e. The van der Waals surface area contributed by atoms with Gasteiger partial charge in [0.25, 0.3) is 5.91 Å². The van der Waals surface area contributed by atoms with Crippen LogP contribution in [-0.2, 0) is 16.1 Å². The first-order chi connectivity index (χ1) is 14.6. The number of carbonyl (C=O) groups is 2. The van der Waals surface area contributed by atoms with E-state index in [1.165, 1.54) is 0 Å². The van der Waals surface area contributed by atoms with Gasteiger partial charge >= 0.3 is 0 Å². The maximum absolute atomic E-state index is 12.0. The van der Waals surface area contributed by atoms with Crippen LogP contribution in [0.5, 0.6) is 5.75 Å². The number of amides is 1. The molecule has 2 aromatic carbocycles. The van der Waals surface area contributed by atoms with Gasteiger partial charge in [-0.3, -0.25) is 9.59 Å². The molecule has 0 saturated carbocycles. The number of hydrogen-bond donors (Lipinski definition) is 1. The molecule has 0 atom stereocenters. The molecule has 30 heavy (non-hydrogen) atoms. The molecule has 3 aromatic rings. The van der Waals surface area contributed by atoms with Crippen LogP contribution in [0.15, 0.2) is 59.0 Å². The molecule has 3 rings (SSSR count). The average molecular weight is 407 g/mol. The van der Waals surface area contributed by atoms with Gasteiger partial charge in [-0.05, 0) is 50.5 Å². The highest BCUT2D eigenvalue weighted by molar-refractivity contribution is 6.36. The molecule has 156 valence electrons. The summed E-state index contributed by atoms with van der Waals surface area (Å²) in [4.78, 5) is 23.9. The van der Waals surface area contributed by atoms with E-state index in [1.54, 1.807) is 0 Å². The fourth-order valence-electron chi connectivity index (χ4n) is 2.78. The van der Waals surface area contributed by atoms with Crippen molar-refractivity contribution in [3.05, 3.63) is 66.1 Å². The molecule has 0 saturated heterocycles. The molecule has 7 heteroatoms. The standard InChI is InChI=1S/C23H25N3O4/c1-17-11-13-18(14-12-17)23-26-25-21(30-23)16-24-22(28)20(27)10-6-3-7-15-29-19-8-4-2-5-9-19/h2,4-5,8-9,11-14H,3,6-7,10,15-16H2,1H3,(H,24,28). The lowest BCUT2D eigenvalue weighted by molar-refractivity contribution is -0.138. The molecule has 0 radical (unpaired) electrons. The SMILES string of the molecule is Cc1ccc(-c2nnc(CNC(=O)C(=O)CCCCCOc3ccccc3)o2)cc1. The number of benzene rings is 2. The van der Waals surface area contributed by atoms with E-state index in [-0.39, 0.29) is 18.9 Å². The topological polar surface area (TPSA) is 94.3 Å². The number of nitrogens with zero attached hydrogens (tertiary/aromatic N) is 2. The highest BCUT2D eigenvalue weighted by atomic mass is 16.5. The molecule has 0 aliphatic heterocycles. The number of hydrogen-bond acceptors (Lipinski definition) is 6. The van der Waals surface area contributed by atoms with E-state index in [1.807, 2.05) is 61.5 Å². The first-order valence-corrected chi connectivity index (χ1v) is 10.00. The van der Waals surface area contributed by atoms with Gasteiger partial charge in [0.15, 0.2) is 0 Å². The average Bonchev–Trinajstić information content (AvgIpc) is 3.24. The van der Waals surface area contributed by atoms with E-state index in [2.05, 4.69) is 15.5 Å². The molecule has 1 amide bonds. The molecule has 1 aromatic heterocycles. The van der Waals surface area contributed by atoms with Crippen molar-refractivity contribution in [2.24, 2.45) is 0 Å². The van der Waals surface area contributed by atoms with Gasteiger partial charge in [-0.1, -0.05) is 35.9 Å². The maximum atomic E-state index is 12.0. The molecule has 0 spiro atoms. The summed E-state index contributed by atoms with van der Waals surface area (Å²) in [6.45, 7) is 2.60. The third kappa shape index (κ3) is 6.55. The molecule has 7 nitrogen and oxygen atoms in total. The van der Waals surface area contributed by atoms with Gasteiger partial charge in [0.05, 0.1) is 13.2 Å². The molecule has 1 heterocycles. The monoisotopic (exact) mass is 407 g/mol. The Hall–Kier alpha value is -3.48. The summed E-state index contributed by atoms with van der Waals surface area (Å²) in [5.41, 5.74) is 1.94. The molecule has 0 aliphatic carbocycles. The Kier molecular flexibility index (Phi) is 7.71. The minimum atomic E-state index is -0.634. The van der Waals surface area contributed by atoms with E-state index in [4.69, 9.17) is 9.15 Å². The van der Waals surface area contributed by atoms with Gasteiger partial charge in [0.2, 0.25) is 17.6 Å². The van der Waals surface area contributed by atoms with Gasteiger partial charge in [-0.2, -0.15) is 0 Å². The largest absolute Gasteiger partial charge is 0.494 e. The number of ether oxygens (including phenoxy) is 1. The summed E-state index contributed by atoms with van der Waals surface area (Å²) in [7, 11) is 0. The Morgan fingerprint density at radius 2 is 1.73 bits per heavy atom.